The number of amides is 1. The number of halogens is 1. The van der Waals surface area contributed by atoms with Crippen molar-refractivity contribution in [1.82, 2.24) is 9.55 Å². The van der Waals surface area contributed by atoms with Gasteiger partial charge in [-0.15, -0.1) is 0 Å². The minimum atomic E-state index is -0.581. The van der Waals surface area contributed by atoms with Crippen molar-refractivity contribution in [2.24, 2.45) is 0 Å². The first-order valence-electron chi connectivity index (χ1n) is 9.04. The second-order valence-corrected chi connectivity index (χ2v) is 8.03. The minimum absolute atomic E-state index is 0.231. The molecular formula is C21H20ClN3O3S. The summed E-state index contributed by atoms with van der Waals surface area (Å²) in [6, 6.07) is 15.9. The zero-order chi connectivity index (χ0) is 21.0. The first-order valence-corrected chi connectivity index (χ1v) is 10.3. The van der Waals surface area contributed by atoms with E-state index >= 15 is 0 Å². The molecule has 29 heavy (non-hydrogen) atoms. The van der Waals surface area contributed by atoms with Gasteiger partial charge in [0.25, 0.3) is 5.56 Å². The van der Waals surface area contributed by atoms with Crippen LogP contribution in [0.3, 0.4) is 0 Å². The van der Waals surface area contributed by atoms with Gasteiger partial charge in [0, 0.05) is 10.7 Å². The van der Waals surface area contributed by atoms with Gasteiger partial charge < -0.3 is 10.4 Å². The van der Waals surface area contributed by atoms with Crippen molar-refractivity contribution in [3.05, 3.63) is 75.5 Å². The van der Waals surface area contributed by atoms with Crippen LogP contribution in [-0.2, 0) is 11.2 Å². The number of thioether (sulfide) groups is 1. The highest BCUT2D eigenvalue weighted by Gasteiger charge is 2.22. The lowest BCUT2D eigenvalue weighted by Gasteiger charge is -2.17. The maximum absolute atomic E-state index is 13.0. The Morgan fingerprint density at radius 2 is 1.97 bits per heavy atom. The summed E-state index contributed by atoms with van der Waals surface area (Å²) in [6.45, 7) is 3.48. The highest BCUT2D eigenvalue weighted by atomic mass is 35.5. The van der Waals surface area contributed by atoms with Crippen molar-refractivity contribution in [3.8, 4) is 11.6 Å². The van der Waals surface area contributed by atoms with Gasteiger partial charge >= 0.3 is 0 Å². The third kappa shape index (κ3) is 4.81. The summed E-state index contributed by atoms with van der Waals surface area (Å²) in [6.07, 6.45) is 0.347. The van der Waals surface area contributed by atoms with Crippen LogP contribution in [0, 0.1) is 0 Å². The molecule has 0 saturated carbocycles. The molecule has 0 radical (unpaired) electrons. The lowest BCUT2D eigenvalue weighted by Crippen LogP contribution is -2.27. The van der Waals surface area contributed by atoms with Crippen LogP contribution in [0.2, 0.25) is 5.02 Å². The number of hydrogen-bond donors (Lipinski definition) is 2. The van der Waals surface area contributed by atoms with Crippen LogP contribution in [0.25, 0.3) is 5.69 Å². The maximum atomic E-state index is 13.0. The van der Waals surface area contributed by atoms with E-state index in [-0.39, 0.29) is 28.1 Å². The van der Waals surface area contributed by atoms with Crippen LogP contribution in [-0.4, -0.2) is 25.8 Å². The predicted molar refractivity (Wildman–Crippen MR) is 116 cm³/mol. The first kappa shape index (κ1) is 21.0. The zero-order valence-electron chi connectivity index (χ0n) is 15.9. The first-order chi connectivity index (χ1) is 13.9. The van der Waals surface area contributed by atoms with Crippen LogP contribution >= 0.6 is 23.4 Å². The summed E-state index contributed by atoms with van der Waals surface area (Å²) in [4.78, 5) is 29.8. The number of rotatable bonds is 6. The number of aromatic nitrogens is 2. The highest BCUT2D eigenvalue weighted by molar-refractivity contribution is 8.00. The summed E-state index contributed by atoms with van der Waals surface area (Å²) in [7, 11) is 0. The highest BCUT2D eigenvalue weighted by Crippen LogP contribution is 2.27. The molecule has 6 nitrogen and oxygen atoms in total. The Kier molecular flexibility index (Phi) is 6.61. The van der Waals surface area contributed by atoms with Crippen molar-refractivity contribution in [2.45, 2.75) is 30.7 Å². The van der Waals surface area contributed by atoms with Crippen molar-refractivity contribution in [2.75, 3.05) is 5.32 Å². The molecule has 1 amide bonds. The smallest absolute Gasteiger partial charge is 0.265 e. The Labute approximate surface area is 177 Å². The third-order valence-corrected chi connectivity index (χ3v) is 5.52. The van der Waals surface area contributed by atoms with E-state index in [1.165, 1.54) is 4.57 Å². The van der Waals surface area contributed by atoms with Crippen LogP contribution in [0.5, 0.6) is 5.88 Å². The fraction of sp³-hybridized carbons (Fsp3) is 0.190. The molecule has 1 atom stereocenters. The van der Waals surface area contributed by atoms with Gasteiger partial charge in [-0.2, -0.15) is 4.98 Å². The Bertz CT molecular complexity index is 1090. The molecule has 8 heteroatoms. The maximum Gasteiger partial charge on any atom is 0.265 e. The van der Waals surface area contributed by atoms with E-state index in [0.717, 1.165) is 11.8 Å². The van der Waals surface area contributed by atoms with Gasteiger partial charge in [0.05, 0.1) is 16.5 Å². The summed E-state index contributed by atoms with van der Waals surface area (Å²) in [5.41, 5.74) is 1.07. The van der Waals surface area contributed by atoms with E-state index in [1.54, 1.807) is 50.2 Å². The summed E-state index contributed by atoms with van der Waals surface area (Å²) >= 11 is 7.05. The summed E-state index contributed by atoms with van der Waals surface area (Å²) in [5, 5.41) is 13.2. The van der Waals surface area contributed by atoms with E-state index in [2.05, 4.69) is 10.3 Å². The monoisotopic (exact) mass is 429 g/mol. The molecule has 0 bridgehead atoms. The number of anilines is 1. The van der Waals surface area contributed by atoms with E-state index in [4.69, 9.17) is 11.6 Å². The Morgan fingerprint density at radius 3 is 2.62 bits per heavy atom. The van der Waals surface area contributed by atoms with Gasteiger partial charge in [-0.25, -0.2) is 0 Å². The van der Waals surface area contributed by atoms with Crippen LogP contribution in [0.1, 0.15) is 19.4 Å². The van der Waals surface area contributed by atoms with Gasteiger partial charge in [-0.1, -0.05) is 54.6 Å². The lowest BCUT2D eigenvalue weighted by molar-refractivity contribution is -0.115. The summed E-state index contributed by atoms with van der Waals surface area (Å²) < 4.78 is 1.42. The van der Waals surface area contributed by atoms with Crippen LogP contribution in [0.4, 0.5) is 5.69 Å². The quantitative estimate of drug-likeness (QED) is 0.451. The van der Waals surface area contributed by atoms with Gasteiger partial charge in [0.2, 0.25) is 11.8 Å². The molecule has 3 rings (SSSR count). The molecule has 2 N–H and O–H groups in total. The number of hydrogen-bond acceptors (Lipinski definition) is 5. The molecule has 0 saturated heterocycles. The van der Waals surface area contributed by atoms with E-state index < -0.39 is 5.25 Å². The van der Waals surface area contributed by atoms with E-state index in [9.17, 15) is 14.7 Å². The van der Waals surface area contributed by atoms with Crippen molar-refractivity contribution in [3.63, 3.8) is 0 Å². The Morgan fingerprint density at radius 1 is 1.24 bits per heavy atom. The topological polar surface area (TPSA) is 84.2 Å². The predicted octanol–water partition coefficient (Wildman–Crippen LogP) is 4.27. The largest absolute Gasteiger partial charge is 0.493 e. The molecule has 0 unspecified atom stereocenters. The third-order valence-electron chi connectivity index (χ3n) is 4.24. The van der Waals surface area contributed by atoms with Crippen molar-refractivity contribution < 1.29 is 9.90 Å². The van der Waals surface area contributed by atoms with E-state index in [0.29, 0.717) is 22.8 Å². The summed E-state index contributed by atoms with van der Waals surface area (Å²) in [5.74, 6) is -0.584. The molecule has 0 aliphatic heterocycles. The van der Waals surface area contributed by atoms with Crippen LogP contribution in [0.15, 0.2) is 64.5 Å². The minimum Gasteiger partial charge on any atom is -0.493 e. The number of benzene rings is 2. The Hall–Kier alpha value is -2.77. The van der Waals surface area contributed by atoms with Gasteiger partial charge in [-0.05, 0) is 43.7 Å². The van der Waals surface area contributed by atoms with E-state index in [1.807, 2.05) is 18.2 Å². The molecule has 0 aliphatic carbocycles. The average Bonchev–Trinajstić information content (AvgIpc) is 2.69. The van der Waals surface area contributed by atoms with Crippen LogP contribution < -0.4 is 10.9 Å². The van der Waals surface area contributed by atoms with Gasteiger partial charge in [0.15, 0.2) is 5.16 Å². The van der Waals surface area contributed by atoms with Crippen molar-refractivity contribution >= 4 is 35.0 Å². The second kappa shape index (κ2) is 9.15. The van der Waals surface area contributed by atoms with Gasteiger partial charge in [0.1, 0.15) is 0 Å². The SMILES string of the molecule is CCc1c(O)nc(S[C@@H](C)C(=O)Nc2cccc(Cl)c2)n(-c2ccccc2)c1=O. The molecule has 1 heterocycles. The molecule has 2 aromatic carbocycles. The number of carbonyl (C=O) groups excluding carboxylic acids is 1. The fourth-order valence-corrected chi connectivity index (χ4v) is 3.85. The normalized spacial score (nSPS) is 11.8. The number of nitrogens with zero attached hydrogens (tertiary/aromatic N) is 2. The number of aromatic hydroxyl groups is 1. The molecule has 0 aliphatic rings. The standard InChI is InChI=1S/C21H20ClN3O3S/c1-3-17-19(27)24-21(25(20(17)28)16-10-5-4-6-11-16)29-13(2)18(26)23-15-9-7-8-14(22)12-15/h4-13,27H,3H2,1-2H3,(H,23,26)/t13-/m0/s1. The second-order valence-electron chi connectivity index (χ2n) is 6.29. The Balaban J connectivity index is 1.93. The zero-order valence-corrected chi connectivity index (χ0v) is 17.5. The lowest BCUT2D eigenvalue weighted by atomic mass is 10.2. The average molecular weight is 430 g/mol. The molecule has 150 valence electrons. The van der Waals surface area contributed by atoms with Gasteiger partial charge in [-0.3, -0.25) is 14.2 Å². The molecule has 3 aromatic rings. The number of para-hydroxylation sites is 1. The molecule has 0 spiro atoms. The molecule has 0 fully saturated rings. The number of carbonyl (C=O) groups is 1. The van der Waals surface area contributed by atoms with Crippen molar-refractivity contribution in [1.29, 1.82) is 0 Å². The number of nitrogens with one attached hydrogen (secondary N) is 1. The molecular weight excluding hydrogens is 410 g/mol. The molecule has 1 aromatic heterocycles. The fourth-order valence-electron chi connectivity index (χ4n) is 2.74.